The van der Waals surface area contributed by atoms with Crippen molar-refractivity contribution >= 4 is 9.84 Å². The summed E-state index contributed by atoms with van der Waals surface area (Å²) in [7, 11) is -2.74. The lowest BCUT2D eigenvalue weighted by atomic mass is 10.3. The molecule has 1 saturated carbocycles. The highest BCUT2D eigenvalue weighted by atomic mass is 32.2. The van der Waals surface area contributed by atoms with Crippen molar-refractivity contribution in [2.24, 2.45) is 0 Å². The maximum absolute atomic E-state index is 11.2. The van der Waals surface area contributed by atoms with Crippen molar-refractivity contribution in [3.8, 4) is 0 Å². The Balaban J connectivity index is 2.23. The van der Waals surface area contributed by atoms with E-state index in [1.54, 1.807) is 0 Å². The van der Waals surface area contributed by atoms with E-state index in [1.165, 1.54) is 0 Å². The fourth-order valence-electron chi connectivity index (χ4n) is 1.05. The van der Waals surface area contributed by atoms with E-state index in [1.807, 2.05) is 0 Å². The van der Waals surface area contributed by atoms with E-state index >= 15 is 0 Å². The quantitative estimate of drug-likeness (QED) is 0.598. The molecule has 0 aromatic carbocycles. The number of hydrogen-bond donors (Lipinski definition) is 0. The Morgan fingerprint density at radius 2 is 1.91 bits per heavy atom. The molecule has 0 aromatic heterocycles. The van der Waals surface area contributed by atoms with Crippen LogP contribution in [0.4, 0.5) is 0 Å². The fraction of sp³-hybridized carbons (Fsp3) is 0.875. The van der Waals surface area contributed by atoms with Crippen molar-refractivity contribution < 1.29 is 8.42 Å². The molecule has 11 heavy (non-hydrogen) atoms. The van der Waals surface area contributed by atoms with E-state index in [-0.39, 0.29) is 0 Å². The summed E-state index contributed by atoms with van der Waals surface area (Å²) in [6, 6.07) is 0. The SMILES string of the molecule is CCCCCS(=O)(=O)[C]1CC1. The van der Waals surface area contributed by atoms with E-state index in [0.717, 1.165) is 37.4 Å². The first kappa shape index (κ1) is 9.04. The molecule has 0 spiro atoms. The molecular weight excluding hydrogens is 160 g/mol. The smallest absolute Gasteiger partial charge is 0.157 e. The highest BCUT2D eigenvalue weighted by Crippen LogP contribution is 2.38. The molecule has 0 unspecified atom stereocenters. The van der Waals surface area contributed by atoms with Gasteiger partial charge < -0.3 is 0 Å². The Kier molecular flexibility index (Phi) is 2.93. The summed E-state index contributed by atoms with van der Waals surface area (Å²) in [5.74, 6) is 0.385. The predicted octanol–water partition coefficient (Wildman–Crippen LogP) is 1.92. The summed E-state index contributed by atoms with van der Waals surface area (Å²) in [5, 5.41) is 0.786. The summed E-state index contributed by atoms with van der Waals surface area (Å²) < 4.78 is 22.5. The van der Waals surface area contributed by atoms with E-state index in [4.69, 9.17) is 0 Å². The summed E-state index contributed by atoms with van der Waals surface area (Å²) >= 11 is 0. The van der Waals surface area contributed by atoms with Crippen LogP contribution in [0, 0.1) is 5.25 Å². The second-order valence-electron chi connectivity index (χ2n) is 3.06. The molecule has 0 saturated heterocycles. The van der Waals surface area contributed by atoms with E-state index < -0.39 is 9.84 Å². The number of unbranched alkanes of at least 4 members (excludes halogenated alkanes) is 2. The largest absolute Gasteiger partial charge is 0.228 e. The molecular formula is C8H15O2S. The standard InChI is InChI=1S/C8H15O2S/c1-2-3-4-7-11(9,10)8-5-6-8/h2-7H2,1H3. The molecule has 0 aromatic rings. The second-order valence-corrected chi connectivity index (χ2v) is 5.28. The van der Waals surface area contributed by atoms with Gasteiger partial charge in [-0.2, -0.15) is 0 Å². The van der Waals surface area contributed by atoms with Crippen molar-refractivity contribution in [3.63, 3.8) is 0 Å². The third-order valence-corrected chi connectivity index (χ3v) is 4.02. The van der Waals surface area contributed by atoms with Gasteiger partial charge in [0.15, 0.2) is 9.84 Å². The van der Waals surface area contributed by atoms with Gasteiger partial charge in [-0.15, -0.1) is 0 Å². The van der Waals surface area contributed by atoms with Gasteiger partial charge in [0.1, 0.15) is 0 Å². The molecule has 2 nitrogen and oxygen atoms in total. The molecule has 1 aliphatic carbocycles. The first-order valence-electron chi connectivity index (χ1n) is 4.24. The Hall–Kier alpha value is -0.0500. The first-order chi connectivity index (χ1) is 5.17. The molecule has 0 aliphatic heterocycles. The topological polar surface area (TPSA) is 34.1 Å². The van der Waals surface area contributed by atoms with Crippen LogP contribution in [-0.2, 0) is 9.84 Å². The Bertz CT molecular complexity index is 202. The van der Waals surface area contributed by atoms with E-state index in [0.29, 0.717) is 5.75 Å². The van der Waals surface area contributed by atoms with Crippen LogP contribution >= 0.6 is 0 Å². The Morgan fingerprint density at radius 3 is 2.36 bits per heavy atom. The van der Waals surface area contributed by atoms with Gasteiger partial charge in [0.25, 0.3) is 0 Å². The number of rotatable bonds is 5. The minimum atomic E-state index is -2.74. The second kappa shape index (κ2) is 3.57. The van der Waals surface area contributed by atoms with Crippen molar-refractivity contribution in [2.75, 3.05) is 5.75 Å². The molecule has 1 rings (SSSR count). The third kappa shape index (κ3) is 2.81. The summed E-state index contributed by atoms with van der Waals surface area (Å²) in [4.78, 5) is 0. The van der Waals surface area contributed by atoms with Crippen LogP contribution in [0.2, 0.25) is 0 Å². The van der Waals surface area contributed by atoms with Crippen LogP contribution in [0.5, 0.6) is 0 Å². The van der Waals surface area contributed by atoms with Crippen LogP contribution in [-0.4, -0.2) is 14.2 Å². The molecule has 0 bridgehead atoms. The average molecular weight is 175 g/mol. The van der Waals surface area contributed by atoms with Gasteiger partial charge in [-0.05, 0) is 19.3 Å². The lowest BCUT2D eigenvalue weighted by Gasteiger charge is -1.99. The zero-order valence-electron chi connectivity index (χ0n) is 6.97. The lowest BCUT2D eigenvalue weighted by Crippen LogP contribution is -2.06. The minimum absolute atomic E-state index is 0.385. The van der Waals surface area contributed by atoms with Gasteiger partial charge in [0, 0.05) is 0 Å². The molecule has 0 atom stereocenters. The van der Waals surface area contributed by atoms with Gasteiger partial charge in [-0.3, -0.25) is 0 Å². The van der Waals surface area contributed by atoms with E-state index in [9.17, 15) is 8.42 Å². The predicted molar refractivity (Wildman–Crippen MR) is 45.8 cm³/mol. The van der Waals surface area contributed by atoms with Crippen molar-refractivity contribution in [2.45, 2.75) is 39.0 Å². The minimum Gasteiger partial charge on any atom is -0.228 e. The lowest BCUT2D eigenvalue weighted by molar-refractivity contribution is 0.595. The highest BCUT2D eigenvalue weighted by molar-refractivity contribution is 7.94. The summed E-state index contributed by atoms with van der Waals surface area (Å²) in [5.41, 5.74) is 0. The molecule has 1 fully saturated rings. The Labute approximate surface area is 68.9 Å². The van der Waals surface area contributed by atoms with Gasteiger partial charge in [0.05, 0.1) is 11.0 Å². The van der Waals surface area contributed by atoms with Crippen molar-refractivity contribution in [1.29, 1.82) is 0 Å². The fourth-order valence-corrected chi connectivity index (χ4v) is 2.65. The Morgan fingerprint density at radius 1 is 1.27 bits per heavy atom. The molecule has 0 heterocycles. The summed E-state index contributed by atoms with van der Waals surface area (Å²) in [6.07, 6.45) is 4.61. The molecule has 1 aliphatic rings. The zero-order valence-corrected chi connectivity index (χ0v) is 7.78. The van der Waals surface area contributed by atoms with Crippen LogP contribution < -0.4 is 0 Å². The van der Waals surface area contributed by atoms with Crippen molar-refractivity contribution in [3.05, 3.63) is 5.25 Å². The zero-order chi connectivity index (χ0) is 8.32. The summed E-state index contributed by atoms with van der Waals surface area (Å²) in [6.45, 7) is 2.08. The third-order valence-electron chi connectivity index (χ3n) is 1.91. The molecule has 0 N–H and O–H groups in total. The van der Waals surface area contributed by atoms with Crippen LogP contribution in [0.15, 0.2) is 0 Å². The first-order valence-corrected chi connectivity index (χ1v) is 5.89. The van der Waals surface area contributed by atoms with Gasteiger partial charge in [-0.1, -0.05) is 19.8 Å². The van der Waals surface area contributed by atoms with Crippen LogP contribution in [0.3, 0.4) is 0 Å². The van der Waals surface area contributed by atoms with E-state index in [2.05, 4.69) is 6.92 Å². The number of hydrogen-bond acceptors (Lipinski definition) is 2. The maximum atomic E-state index is 11.2. The van der Waals surface area contributed by atoms with Crippen molar-refractivity contribution in [1.82, 2.24) is 0 Å². The van der Waals surface area contributed by atoms with Gasteiger partial charge >= 0.3 is 0 Å². The van der Waals surface area contributed by atoms with Gasteiger partial charge in [-0.25, -0.2) is 8.42 Å². The monoisotopic (exact) mass is 175 g/mol. The normalized spacial score (nSPS) is 18.6. The van der Waals surface area contributed by atoms with Gasteiger partial charge in [0.2, 0.25) is 0 Å². The van der Waals surface area contributed by atoms with Crippen LogP contribution in [0.1, 0.15) is 39.0 Å². The molecule has 1 radical (unpaired) electrons. The van der Waals surface area contributed by atoms with Crippen LogP contribution in [0.25, 0.3) is 0 Å². The highest BCUT2D eigenvalue weighted by Gasteiger charge is 2.35. The molecule has 65 valence electrons. The average Bonchev–Trinajstić information content (AvgIpc) is 2.68. The molecule has 0 amide bonds. The maximum Gasteiger partial charge on any atom is 0.157 e. The molecule has 3 heteroatoms. The number of sulfone groups is 1.